The van der Waals surface area contributed by atoms with E-state index in [4.69, 9.17) is 5.11 Å². The molecule has 5 heteroatoms. The van der Waals surface area contributed by atoms with E-state index in [2.05, 4.69) is 11.4 Å². The van der Waals surface area contributed by atoms with E-state index in [9.17, 15) is 9.59 Å². The van der Waals surface area contributed by atoms with Gasteiger partial charge in [-0.2, -0.15) is 0 Å². The van der Waals surface area contributed by atoms with Crippen molar-refractivity contribution in [2.45, 2.75) is 12.5 Å². The van der Waals surface area contributed by atoms with Crippen LogP contribution in [0.1, 0.15) is 6.42 Å². The van der Waals surface area contributed by atoms with Gasteiger partial charge in [0.2, 0.25) is 0 Å². The summed E-state index contributed by atoms with van der Waals surface area (Å²) in [6.45, 7) is 1.13. The number of nitrogens with one attached hydrogen (secondary N) is 1. The molecule has 2 aliphatic carbocycles. The van der Waals surface area contributed by atoms with Crippen LogP contribution in [0.5, 0.6) is 0 Å². The van der Waals surface area contributed by atoms with Gasteiger partial charge in [0.1, 0.15) is 5.41 Å². The highest BCUT2D eigenvalue weighted by atomic mass is 16.4. The number of hydrogen-bond acceptors (Lipinski definition) is 3. The number of carbonyl (C=O) groups is 2. The Hall–Kier alpha value is -1.62. The fraction of sp³-hybridized carbons (Fsp3) is 0.500. The highest BCUT2D eigenvalue weighted by Crippen LogP contribution is 2.67. The lowest BCUT2D eigenvalue weighted by Gasteiger charge is -2.30. The van der Waals surface area contributed by atoms with Crippen LogP contribution in [0, 0.1) is 11.3 Å². The molecule has 1 spiro atoms. The number of piperidine rings is 1. The quantitative estimate of drug-likeness (QED) is 0.591. The minimum absolute atomic E-state index is 0.126. The third-order valence-corrected chi connectivity index (χ3v) is 4.50. The first-order valence-corrected chi connectivity index (χ1v) is 5.86. The fourth-order valence-electron chi connectivity index (χ4n) is 3.76. The summed E-state index contributed by atoms with van der Waals surface area (Å²) in [6, 6.07) is 0.237. The summed E-state index contributed by atoms with van der Waals surface area (Å²) in [5.41, 5.74) is 1.27. The molecule has 3 atom stereocenters. The van der Waals surface area contributed by atoms with E-state index in [0.29, 0.717) is 12.2 Å². The van der Waals surface area contributed by atoms with Gasteiger partial charge in [-0.05, 0) is 12.0 Å². The number of amides is 1. The summed E-state index contributed by atoms with van der Waals surface area (Å²) >= 11 is 0. The zero-order chi connectivity index (χ0) is 11.8. The average molecular weight is 232 g/mol. The van der Waals surface area contributed by atoms with Crippen LogP contribution < -0.4 is 5.32 Å². The molecule has 3 unspecified atom stereocenters. The monoisotopic (exact) mass is 232 g/mol. The van der Waals surface area contributed by atoms with Gasteiger partial charge in [0, 0.05) is 24.8 Å². The number of nitrogens with zero attached hydrogens (tertiary/aromatic N) is 1. The lowest BCUT2D eigenvalue weighted by atomic mass is 9.81. The smallest absolute Gasteiger partial charge is 0.411 e. The molecule has 17 heavy (non-hydrogen) atoms. The first-order chi connectivity index (χ1) is 8.17. The molecule has 4 rings (SSSR count). The molecule has 2 heterocycles. The lowest BCUT2D eigenvalue weighted by Crippen LogP contribution is -2.37. The Morgan fingerprint density at radius 2 is 2.35 bits per heavy atom. The van der Waals surface area contributed by atoms with E-state index < -0.39 is 11.5 Å². The Morgan fingerprint density at radius 1 is 1.53 bits per heavy atom. The van der Waals surface area contributed by atoms with Crippen LogP contribution in [-0.2, 0) is 4.79 Å². The van der Waals surface area contributed by atoms with E-state index in [1.54, 1.807) is 0 Å². The number of ketones is 1. The largest absolute Gasteiger partial charge is 0.465 e. The molecule has 0 radical (unpaired) electrons. The predicted octanol–water partition coefficient (Wildman–Crippen LogP) is 0.351. The predicted molar refractivity (Wildman–Crippen MR) is 58.2 cm³/mol. The van der Waals surface area contributed by atoms with E-state index in [-0.39, 0.29) is 17.7 Å². The number of carbonyl (C=O) groups excluding carboxylic acids is 1. The van der Waals surface area contributed by atoms with Crippen molar-refractivity contribution in [1.82, 2.24) is 10.2 Å². The van der Waals surface area contributed by atoms with E-state index in [1.165, 1.54) is 4.90 Å². The number of rotatable bonds is 0. The summed E-state index contributed by atoms with van der Waals surface area (Å²) in [4.78, 5) is 24.5. The van der Waals surface area contributed by atoms with E-state index in [0.717, 1.165) is 18.5 Å². The fourth-order valence-corrected chi connectivity index (χ4v) is 3.76. The molecule has 2 aliphatic heterocycles. The second-order valence-corrected chi connectivity index (χ2v) is 5.06. The van der Waals surface area contributed by atoms with E-state index >= 15 is 0 Å². The van der Waals surface area contributed by atoms with Crippen molar-refractivity contribution in [2.75, 3.05) is 13.1 Å². The molecule has 0 aromatic rings. The topological polar surface area (TPSA) is 69.6 Å². The number of hydrogen-bond donors (Lipinski definition) is 2. The van der Waals surface area contributed by atoms with E-state index in [1.807, 2.05) is 6.08 Å². The van der Waals surface area contributed by atoms with Gasteiger partial charge in [-0.1, -0.05) is 12.2 Å². The highest BCUT2D eigenvalue weighted by Gasteiger charge is 2.76. The minimum atomic E-state index is -0.944. The van der Waals surface area contributed by atoms with Crippen LogP contribution in [0.15, 0.2) is 23.4 Å². The Bertz CT molecular complexity index is 522. The average Bonchev–Trinajstić information content (AvgIpc) is 2.77. The van der Waals surface area contributed by atoms with Crippen molar-refractivity contribution in [3.63, 3.8) is 0 Å². The standard InChI is InChI=1S/C12H12N2O3/c15-10-7-5-14(11(16)17)9-2-1-8-6(3-4-13-8)12(7,9)10/h2-3,7-8,13H,1,4-5H2,(H,16,17). The third kappa shape index (κ3) is 0.835. The molecule has 1 amide bonds. The molecule has 0 aromatic heterocycles. The molecule has 5 nitrogen and oxygen atoms in total. The summed E-state index contributed by atoms with van der Waals surface area (Å²) in [6.07, 6.45) is 3.84. The van der Waals surface area contributed by atoms with Crippen LogP contribution in [-0.4, -0.2) is 41.0 Å². The van der Waals surface area contributed by atoms with Gasteiger partial charge in [0.15, 0.2) is 5.78 Å². The first kappa shape index (κ1) is 9.41. The Labute approximate surface area is 97.8 Å². The number of fused-ring (bicyclic) bond motifs is 1. The van der Waals surface area contributed by atoms with Crippen molar-refractivity contribution in [3.8, 4) is 0 Å². The van der Waals surface area contributed by atoms with Crippen molar-refractivity contribution in [1.29, 1.82) is 0 Å². The summed E-state index contributed by atoms with van der Waals surface area (Å²) < 4.78 is 0. The molecule has 0 aromatic carbocycles. The van der Waals surface area contributed by atoms with Crippen molar-refractivity contribution < 1.29 is 14.7 Å². The Morgan fingerprint density at radius 3 is 3.12 bits per heavy atom. The second kappa shape index (κ2) is 2.61. The summed E-state index contributed by atoms with van der Waals surface area (Å²) in [5.74, 6) is 0.0831. The SMILES string of the molecule is O=C(O)N1CC2C(=O)C23C2=CCNC2CC=C13. The van der Waals surface area contributed by atoms with Gasteiger partial charge in [0.05, 0.1) is 5.92 Å². The van der Waals surface area contributed by atoms with Crippen LogP contribution in [0.2, 0.25) is 0 Å². The van der Waals surface area contributed by atoms with Crippen molar-refractivity contribution >= 4 is 11.9 Å². The second-order valence-electron chi connectivity index (χ2n) is 5.06. The Balaban J connectivity index is 1.87. The molecular weight excluding hydrogens is 220 g/mol. The van der Waals surface area contributed by atoms with Gasteiger partial charge in [-0.25, -0.2) is 4.79 Å². The molecule has 1 saturated heterocycles. The van der Waals surface area contributed by atoms with Gasteiger partial charge in [-0.15, -0.1) is 0 Å². The third-order valence-electron chi connectivity index (χ3n) is 4.50. The van der Waals surface area contributed by atoms with Gasteiger partial charge < -0.3 is 10.4 Å². The maximum absolute atomic E-state index is 12.0. The number of allylic oxidation sites excluding steroid dienone is 1. The zero-order valence-electron chi connectivity index (χ0n) is 9.14. The number of Topliss-reactive ketones (excluding diaryl/α,β-unsaturated/α-hetero) is 1. The lowest BCUT2D eigenvalue weighted by molar-refractivity contribution is -0.113. The normalized spacial score (nSPS) is 41.4. The Kier molecular flexibility index (Phi) is 1.45. The summed E-state index contributed by atoms with van der Waals surface area (Å²) in [7, 11) is 0. The number of carboxylic acid groups (broad SMARTS) is 1. The van der Waals surface area contributed by atoms with Crippen molar-refractivity contribution in [2.24, 2.45) is 11.3 Å². The molecule has 2 fully saturated rings. The van der Waals surface area contributed by atoms with Gasteiger partial charge in [-0.3, -0.25) is 9.69 Å². The molecular formula is C12H12N2O3. The molecule has 4 aliphatic rings. The highest BCUT2D eigenvalue weighted by molar-refractivity contribution is 6.13. The van der Waals surface area contributed by atoms with Crippen LogP contribution in [0.4, 0.5) is 4.79 Å². The van der Waals surface area contributed by atoms with Crippen molar-refractivity contribution in [3.05, 3.63) is 23.4 Å². The zero-order valence-corrected chi connectivity index (χ0v) is 9.14. The molecule has 88 valence electrons. The van der Waals surface area contributed by atoms with Gasteiger partial charge >= 0.3 is 6.09 Å². The van der Waals surface area contributed by atoms with Gasteiger partial charge in [0.25, 0.3) is 0 Å². The van der Waals surface area contributed by atoms with Crippen LogP contribution in [0.3, 0.4) is 0 Å². The summed E-state index contributed by atoms with van der Waals surface area (Å²) in [5, 5.41) is 12.5. The maximum atomic E-state index is 12.0. The maximum Gasteiger partial charge on any atom is 0.411 e. The first-order valence-electron chi connectivity index (χ1n) is 5.86. The van der Waals surface area contributed by atoms with Crippen LogP contribution in [0.25, 0.3) is 0 Å². The molecule has 2 N–H and O–H groups in total. The minimum Gasteiger partial charge on any atom is -0.465 e. The number of likely N-dealkylation sites (tertiary alicyclic amines) is 1. The van der Waals surface area contributed by atoms with Crippen LogP contribution >= 0.6 is 0 Å². The molecule has 0 bridgehead atoms. The molecule has 1 saturated carbocycles.